The Morgan fingerprint density at radius 1 is 1.19 bits per heavy atom. The molecule has 0 aliphatic carbocycles. The number of hydrogen-bond donors (Lipinski definition) is 0. The van der Waals surface area contributed by atoms with E-state index in [9.17, 15) is 4.39 Å². The minimum Gasteiger partial charge on any atom is -0.326 e. The van der Waals surface area contributed by atoms with E-state index in [2.05, 4.69) is 11.9 Å². The Labute approximate surface area is 128 Å². The highest BCUT2D eigenvalue weighted by Crippen LogP contribution is 2.31. The minimum atomic E-state index is -0.340. The van der Waals surface area contributed by atoms with Gasteiger partial charge in [0.1, 0.15) is 17.0 Å². The third-order valence-corrected chi connectivity index (χ3v) is 3.95. The normalized spacial score (nSPS) is 12.7. The zero-order chi connectivity index (χ0) is 14.8. The lowest BCUT2D eigenvalue weighted by Gasteiger charge is -2.13. The molecule has 3 rings (SSSR count). The second kappa shape index (κ2) is 5.86. The number of rotatable bonds is 4. The number of imidazole rings is 1. The van der Waals surface area contributed by atoms with Crippen molar-refractivity contribution in [3.05, 3.63) is 65.7 Å². The number of aromatic nitrogens is 2. The summed E-state index contributed by atoms with van der Waals surface area (Å²) < 4.78 is 15.5. The third-order valence-electron chi connectivity index (χ3n) is 3.51. The number of nitrogens with zero attached hydrogens (tertiary/aromatic N) is 2. The molecule has 0 aliphatic rings. The quantitative estimate of drug-likeness (QED) is 0.626. The molecule has 1 aromatic heterocycles. The number of alkyl halides is 1. The molecule has 0 spiro atoms. The van der Waals surface area contributed by atoms with Crippen LogP contribution in [-0.2, 0) is 6.54 Å². The van der Waals surface area contributed by atoms with Gasteiger partial charge in [-0.05, 0) is 30.2 Å². The van der Waals surface area contributed by atoms with E-state index in [1.54, 1.807) is 6.07 Å². The van der Waals surface area contributed by atoms with Crippen molar-refractivity contribution in [2.45, 2.75) is 25.3 Å². The second-order valence-electron chi connectivity index (χ2n) is 5.03. The van der Waals surface area contributed by atoms with Crippen molar-refractivity contribution in [3.8, 4) is 0 Å². The van der Waals surface area contributed by atoms with E-state index in [0.717, 1.165) is 35.4 Å². The van der Waals surface area contributed by atoms with Gasteiger partial charge < -0.3 is 4.57 Å². The molecule has 1 unspecified atom stereocenters. The molecular weight excluding hydrogens is 287 g/mol. The van der Waals surface area contributed by atoms with Crippen LogP contribution < -0.4 is 0 Å². The van der Waals surface area contributed by atoms with E-state index in [0.29, 0.717) is 0 Å². The maximum atomic E-state index is 13.5. The molecule has 108 valence electrons. The Morgan fingerprint density at radius 3 is 2.67 bits per heavy atom. The number of aryl methyl sites for hydroxylation is 1. The smallest absolute Gasteiger partial charge is 0.132 e. The van der Waals surface area contributed by atoms with Gasteiger partial charge in [0.15, 0.2) is 0 Å². The molecule has 0 N–H and O–H groups in total. The predicted octanol–water partition coefficient (Wildman–Crippen LogP) is 4.91. The van der Waals surface area contributed by atoms with Crippen LogP contribution in [0.5, 0.6) is 0 Å². The molecule has 0 bridgehead atoms. The van der Waals surface area contributed by atoms with Crippen molar-refractivity contribution < 1.29 is 4.39 Å². The number of fused-ring (bicyclic) bond motifs is 1. The highest BCUT2D eigenvalue weighted by atomic mass is 35.5. The summed E-state index contributed by atoms with van der Waals surface area (Å²) in [6.45, 7) is 2.85. The minimum absolute atomic E-state index is 0.253. The van der Waals surface area contributed by atoms with Gasteiger partial charge >= 0.3 is 0 Å². The van der Waals surface area contributed by atoms with E-state index >= 15 is 0 Å². The van der Waals surface area contributed by atoms with Gasteiger partial charge in [-0.2, -0.15) is 0 Å². The van der Waals surface area contributed by atoms with Crippen molar-refractivity contribution >= 4 is 22.6 Å². The third kappa shape index (κ3) is 2.66. The van der Waals surface area contributed by atoms with Crippen LogP contribution in [0, 0.1) is 5.82 Å². The average molecular weight is 303 g/mol. The number of benzene rings is 2. The Kier molecular flexibility index (Phi) is 3.93. The summed E-state index contributed by atoms with van der Waals surface area (Å²) in [7, 11) is 0. The molecule has 1 heterocycles. The molecular formula is C17H16ClFN2. The van der Waals surface area contributed by atoms with Gasteiger partial charge in [-0.15, -0.1) is 11.6 Å². The van der Waals surface area contributed by atoms with Gasteiger partial charge in [0.25, 0.3) is 0 Å². The molecule has 2 nitrogen and oxygen atoms in total. The second-order valence-corrected chi connectivity index (χ2v) is 5.46. The Balaban J connectivity index is 2.15. The molecule has 1 atom stereocenters. The number of hydrogen-bond acceptors (Lipinski definition) is 1. The fourth-order valence-electron chi connectivity index (χ4n) is 2.54. The van der Waals surface area contributed by atoms with Gasteiger partial charge in [-0.25, -0.2) is 9.37 Å². The highest BCUT2D eigenvalue weighted by Gasteiger charge is 2.19. The molecule has 0 aliphatic heterocycles. The first-order chi connectivity index (χ1) is 10.2. The lowest BCUT2D eigenvalue weighted by molar-refractivity contribution is 0.624. The van der Waals surface area contributed by atoms with Crippen LogP contribution in [-0.4, -0.2) is 9.55 Å². The summed E-state index contributed by atoms with van der Waals surface area (Å²) in [5, 5.41) is -0.340. The van der Waals surface area contributed by atoms with E-state index in [-0.39, 0.29) is 11.2 Å². The Hall–Kier alpha value is -1.87. The van der Waals surface area contributed by atoms with E-state index in [1.807, 2.05) is 34.9 Å². The molecule has 3 aromatic rings. The lowest BCUT2D eigenvalue weighted by atomic mass is 10.1. The van der Waals surface area contributed by atoms with Crippen LogP contribution in [0.1, 0.15) is 30.1 Å². The maximum Gasteiger partial charge on any atom is 0.132 e. The first-order valence-electron chi connectivity index (χ1n) is 7.05. The van der Waals surface area contributed by atoms with E-state index in [4.69, 9.17) is 11.6 Å². The molecule has 4 heteroatoms. The Morgan fingerprint density at radius 2 is 1.95 bits per heavy atom. The van der Waals surface area contributed by atoms with Crippen LogP contribution >= 0.6 is 11.6 Å². The fraction of sp³-hybridized carbons (Fsp3) is 0.235. The summed E-state index contributed by atoms with van der Waals surface area (Å²) in [5.74, 6) is 0.516. The van der Waals surface area contributed by atoms with Crippen molar-refractivity contribution in [2.75, 3.05) is 0 Å². The topological polar surface area (TPSA) is 17.8 Å². The zero-order valence-corrected chi connectivity index (χ0v) is 12.5. The van der Waals surface area contributed by atoms with Gasteiger partial charge in [0, 0.05) is 6.54 Å². The van der Waals surface area contributed by atoms with Gasteiger partial charge in [0.2, 0.25) is 0 Å². The molecule has 21 heavy (non-hydrogen) atoms. The van der Waals surface area contributed by atoms with Crippen molar-refractivity contribution in [3.63, 3.8) is 0 Å². The van der Waals surface area contributed by atoms with E-state index in [1.165, 1.54) is 12.1 Å². The lowest BCUT2D eigenvalue weighted by Crippen LogP contribution is -2.06. The predicted molar refractivity (Wildman–Crippen MR) is 84.1 cm³/mol. The van der Waals surface area contributed by atoms with Crippen LogP contribution in [0.2, 0.25) is 0 Å². The summed E-state index contributed by atoms with van der Waals surface area (Å²) in [4.78, 5) is 4.61. The van der Waals surface area contributed by atoms with Gasteiger partial charge in [-0.1, -0.05) is 37.3 Å². The zero-order valence-electron chi connectivity index (χ0n) is 11.8. The maximum absolute atomic E-state index is 13.5. The summed E-state index contributed by atoms with van der Waals surface area (Å²) in [5.41, 5.74) is 2.57. The number of halogens is 2. The fourth-order valence-corrected chi connectivity index (χ4v) is 2.85. The summed E-state index contributed by atoms with van der Waals surface area (Å²) >= 11 is 6.61. The summed E-state index contributed by atoms with van der Waals surface area (Å²) in [6, 6.07) is 14.5. The van der Waals surface area contributed by atoms with Crippen molar-refractivity contribution in [1.29, 1.82) is 0 Å². The van der Waals surface area contributed by atoms with Crippen LogP contribution in [0.15, 0.2) is 48.5 Å². The van der Waals surface area contributed by atoms with Crippen molar-refractivity contribution in [2.24, 2.45) is 0 Å². The van der Waals surface area contributed by atoms with E-state index < -0.39 is 0 Å². The Bertz CT molecular complexity index is 752. The summed E-state index contributed by atoms with van der Waals surface area (Å²) in [6.07, 6.45) is 0.938. The molecule has 0 fully saturated rings. The van der Waals surface area contributed by atoms with Crippen LogP contribution in [0.3, 0.4) is 0 Å². The average Bonchev–Trinajstić information content (AvgIpc) is 2.86. The molecule has 0 amide bonds. The van der Waals surface area contributed by atoms with Gasteiger partial charge in [0.05, 0.1) is 11.0 Å². The molecule has 0 saturated carbocycles. The highest BCUT2D eigenvalue weighted by molar-refractivity contribution is 6.22. The molecule has 0 radical (unpaired) electrons. The first-order valence-corrected chi connectivity index (χ1v) is 7.49. The SMILES string of the molecule is CCCn1c(C(Cl)c2ccccc2)nc2ccc(F)cc21. The standard InChI is InChI=1S/C17H16ClFN2/c1-2-10-21-15-11-13(19)8-9-14(15)20-17(21)16(18)12-6-4-3-5-7-12/h3-9,11,16H,2,10H2,1H3. The van der Waals surface area contributed by atoms with Gasteiger partial charge in [-0.3, -0.25) is 0 Å². The molecule has 2 aromatic carbocycles. The largest absolute Gasteiger partial charge is 0.326 e. The van der Waals surface area contributed by atoms with Crippen LogP contribution in [0.25, 0.3) is 11.0 Å². The van der Waals surface area contributed by atoms with Crippen LogP contribution in [0.4, 0.5) is 4.39 Å². The monoisotopic (exact) mass is 302 g/mol. The molecule has 0 saturated heterocycles. The van der Waals surface area contributed by atoms with Crippen molar-refractivity contribution in [1.82, 2.24) is 9.55 Å². The first kappa shape index (κ1) is 14.1.